The van der Waals surface area contributed by atoms with Gasteiger partial charge in [-0.05, 0) is 12.6 Å². The second-order valence-electron chi connectivity index (χ2n) is 5.61. The van der Waals surface area contributed by atoms with Gasteiger partial charge in [0, 0.05) is 13.5 Å². The third kappa shape index (κ3) is 7.31. The minimum atomic E-state index is -1.28. The van der Waals surface area contributed by atoms with E-state index in [2.05, 4.69) is 21.3 Å². The standard InChI is InChI=1S/C17H24N4O5/c1-18-10-14(22)20-13(9-15(23)24)17(26)21-12(16(25)19-2)8-11-6-4-3-5-7-11/h3-7,12-13,18H,8-10H2,1-2H3,(H,19,25)(H,20,22)(H,21,26)(H,23,24). The minimum Gasteiger partial charge on any atom is -0.481 e. The highest BCUT2D eigenvalue weighted by Crippen LogP contribution is 2.04. The van der Waals surface area contributed by atoms with Crippen LogP contribution in [-0.2, 0) is 25.6 Å². The molecule has 5 N–H and O–H groups in total. The van der Waals surface area contributed by atoms with Gasteiger partial charge < -0.3 is 26.4 Å². The van der Waals surface area contributed by atoms with Crippen molar-refractivity contribution in [3.63, 3.8) is 0 Å². The molecule has 142 valence electrons. The first-order valence-corrected chi connectivity index (χ1v) is 8.09. The molecule has 0 aliphatic heterocycles. The van der Waals surface area contributed by atoms with E-state index in [9.17, 15) is 19.2 Å². The zero-order chi connectivity index (χ0) is 19.5. The zero-order valence-corrected chi connectivity index (χ0v) is 14.7. The molecule has 0 heterocycles. The fourth-order valence-electron chi connectivity index (χ4n) is 2.30. The molecule has 0 saturated heterocycles. The first kappa shape index (κ1) is 21.1. The summed E-state index contributed by atoms with van der Waals surface area (Å²) in [7, 11) is 2.99. The Morgan fingerprint density at radius 3 is 2.15 bits per heavy atom. The predicted octanol–water partition coefficient (Wildman–Crippen LogP) is -1.36. The highest BCUT2D eigenvalue weighted by molar-refractivity contribution is 5.94. The van der Waals surface area contributed by atoms with E-state index < -0.39 is 42.2 Å². The highest BCUT2D eigenvalue weighted by atomic mass is 16.4. The van der Waals surface area contributed by atoms with Gasteiger partial charge in [0.2, 0.25) is 17.7 Å². The van der Waals surface area contributed by atoms with E-state index in [0.29, 0.717) is 0 Å². The summed E-state index contributed by atoms with van der Waals surface area (Å²) in [5.74, 6) is -2.91. The second-order valence-corrected chi connectivity index (χ2v) is 5.61. The molecule has 0 fully saturated rings. The minimum absolute atomic E-state index is 0.0632. The van der Waals surface area contributed by atoms with Gasteiger partial charge in [-0.25, -0.2) is 0 Å². The Balaban J connectivity index is 2.86. The number of carboxylic acid groups (broad SMARTS) is 1. The van der Waals surface area contributed by atoms with Gasteiger partial charge in [0.1, 0.15) is 12.1 Å². The molecule has 0 aliphatic rings. The van der Waals surface area contributed by atoms with E-state index in [1.54, 1.807) is 7.05 Å². The van der Waals surface area contributed by atoms with Crippen molar-refractivity contribution in [3.05, 3.63) is 35.9 Å². The van der Waals surface area contributed by atoms with E-state index >= 15 is 0 Å². The van der Waals surface area contributed by atoms with Crippen molar-refractivity contribution in [2.75, 3.05) is 20.6 Å². The summed E-state index contributed by atoms with van der Waals surface area (Å²) in [5.41, 5.74) is 0.829. The molecule has 9 nitrogen and oxygen atoms in total. The third-order valence-corrected chi connectivity index (χ3v) is 3.53. The summed E-state index contributed by atoms with van der Waals surface area (Å²) in [4.78, 5) is 47.2. The van der Waals surface area contributed by atoms with Crippen molar-refractivity contribution < 1.29 is 24.3 Å². The van der Waals surface area contributed by atoms with Crippen LogP contribution in [0.15, 0.2) is 30.3 Å². The second kappa shape index (κ2) is 10.8. The van der Waals surface area contributed by atoms with E-state index in [-0.39, 0.29) is 13.0 Å². The van der Waals surface area contributed by atoms with Crippen LogP contribution in [-0.4, -0.2) is 61.5 Å². The van der Waals surface area contributed by atoms with Crippen LogP contribution in [0.3, 0.4) is 0 Å². The third-order valence-electron chi connectivity index (χ3n) is 3.53. The van der Waals surface area contributed by atoms with Gasteiger partial charge in [-0.2, -0.15) is 0 Å². The number of benzene rings is 1. The molecule has 0 radical (unpaired) electrons. The quantitative estimate of drug-likeness (QED) is 0.348. The van der Waals surface area contributed by atoms with Crippen molar-refractivity contribution in [1.82, 2.24) is 21.3 Å². The summed E-state index contributed by atoms with van der Waals surface area (Å²) < 4.78 is 0. The number of carbonyl (C=O) groups is 4. The topological polar surface area (TPSA) is 137 Å². The average Bonchev–Trinajstić information content (AvgIpc) is 2.60. The maximum atomic E-state index is 12.4. The molecule has 1 rings (SSSR count). The smallest absolute Gasteiger partial charge is 0.305 e. The molecular formula is C17H24N4O5. The molecule has 2 atom stereocenters. The van der Waals surface area contributed by atoms with Crippen LogP contribution in [0, 0.1) is 0 Å². The summed E-state index contributed by atoms with van der Waals surface area (Å²) >= 11 is 0. The van der Waals surface area contributed by atoms with Crippen LogP contribution in [0.2, 0.25) is 0 Å². The van der Waals surface area contributed by atoms with Gasteiger partial charge in [0.05, 0.1) is 13.0 Å². The molecule has 26 heavy (non-hydrogen) atoms. The number of likely N-dealkylation sites (N-methyl/N-ethyl adjacent to an activating group) is 2. The SMILES string of the molecule is CNCC(=O)NC(CC(=O)O)C(=O)NC(Cc1ccccc1)C(=O)NC. The van der Waals surface area contributed by atoms with Crippen LogP contribution in [0.1, 0.15) is 12.0 Å². The van der Waals surface area contributed by atoms with Crippen molar-refractivity contribution in [1.29, 1.82) is 0 Å². The average molecular weight is 364 g/mol. The Kier molecular flexibility index (Phi) is 8.79. The number of rotatable bonds is 10. The van der Waals surface area contributed by atoms with E-state index in [1.807, 2.05) is 30.3 Å². The lowest BCUT2D eigenvalue weighted by molar-refractivity contribution is -0.140. The van der Waals surface area contributed by atoms with Crippen LogP contribution in [0.4, 0.5) is 0 Å². The molecule has 2 unspecified atom stereocenters. The number of nitrogens with one attached hydrogen (secondary N) is 4. The lowest BCUT2D eigenvalue weighted by atomic mass is 10.0. The zero-order valence-electron chi connectivity index (χ0n) is 14.7. The van der Waals surface area contributed by atoms with E-state index in [4.69, 9.17) is 5.11 Å². The first-order valence-electron chi connectivity index (χ1n) is 8.09. The Morgan fingerprint density at radius 1 is 0.962 bits per heavy atom. The maximum absolute atomic E-state index is 12.4. The number of amides is 3. The van der Waals surface area contributed by atoms with Gasteiger partial charge in [0.25, 0.3) is 0 Å². The Labute approximate surface area is 151 Å². The monoisotopic (exact) mass is 364 g/mol. The number of aliphatic carboxylic acids is 1. The van der Waals surface area contributed by atoms with Gasteiger partial charge in [-0.3, -0.25) is 19.2 Å². The Hall–Kier alpha value is -2.94. The lowest BCUT2D eigenvalue weighted by Gasteiger charge is -2.22. The lowest BCUT2D eigenvalue weighted by Crippen LogP contribution is -2.55. The van der Waals surface area contributed by atoms with E-state index in [1.165, 1.54) is 7.05 Å². The fraction of sp³-hybridized carbons (Fsp3) is 0.412. The molecule has 9 heteroatoms. The summed E-state index contributed by atoms with van der Waals surface area (Å²) in [5, 5.41) is 18.9. The van der Waals surface area contributed by atoms with Crippen LogP contribution in [0.25, 0.3) is 0 Å². The summed E-state index contributed by atoms with van der Waals surface area (Å²) in [6, 6.07) is 6.89. The number of carbonyl (C=O) groups excluding carboxylic acids is 3. The van der Waals surface area contributed by atoms with E-state index in [0.717, 1.165) is 5.56 Å². The van der Waals surface area contributed by atoms with Gasteiger partial charge in [-0.1, -0.05) is 30.3 Å². The maximum Gasteiger partial charge on any atom is 0.305 e. The normalized spacial score (nSPS) is 12.5. The van der Waals surface area contributed by atoms with Crippen molar-refractivity contribution in [2.45, 2.75) is 24.9 Å². The number of carboxylic acids is 1. The Bertz CT molecular complexity index is 635. The van der Waals surface area contributed by atoms with Gasteiger partial charge >= 0.3 is 5.97 Å². The van der Waals surface area contributed by atoms with Crippen molar-refractivity contribution >= 4 is 23.7 Å². The van der Waals surface area contributed by atoms with Gasteiger partial charge in [0.15, 0.2) is 0 Å². The van der Waals surface area contributed by atoms with Crippen LogP contribution < -0.4 is 21.3 Å². The Morgan fingerprint density at radius 2 is 1.62 bits per heavy atom. The number of hydrogen-bond acceptors (Lipinski definition) is 5. The molecule has 0 bridgehead atoms. The molecule has 1 aromatic rings. The molecule has 0 aliphatic carbocycles. The first-order chi connectivity index (χ1) is 12.4. The van der Waals surface area contributed by atoms with Gasteiger partial charge in [-0.15, -0.1) is 0 Å². The molecule has 0 spiro atoms. The molecule has 0 aromatic heterocycles. The highest BCUT2D eigenvalue weighted by Gasteiger charge is 2.28. The van der Waals surface area contributed by atoms with Crippen molar-refractivity contribution in [3.8, 4) is 0 Å². The molecule has 0 saturated carbocycles. The van der Waals surface area contributed by atoms with Crippen LogP contribution >= 0.6 is 0 Å². The molecule has 1 aromatic carbocycles. The fourth-order valence-corrected chi connectivity index (χ4v) is 2.30. The van der Waals surface area contributed by atoms with Crippen LogP contribution in [0.5, 0.6) is 0 Å². The predicted molar refractivity (Wildman–Crippen MR) is 94.3 cm³/mol. The molecular weight excluding hydrogens is 340 g/mol. The summed E-state index contributed by atoms with van der Waals surface area (Å²) in [6.07, 6.45) is -0.358. The summed E-state index contributed by atoms with van der Waals surface area (Å²) in [6.45, 7) is -0.0632. The largest absolute Gasteiger partial charge is 0.481 e. The number of hydrogen-bond donors (Lipinski definition) is 5. The van der Waals surface area contributed by atoms with Crippen molar-refractivity contribution in [2.24, 2.45) is 0 Å². The molecule has 3 amide bonds.